The second-order valence-electron chi connectivity index (χ2n) is 3.72. The van der Waals surface area contributed by atoms with Crippen molar-refractivity contribution in [3.05, 3.63) is 23.7 Å². The molecule has 0 saturated heterocycles. The molecule has 0 radical (unpaired) electrons. The Morgan fingerprint density at radius 2 is 2.36 bits per heavy atom. The van der Waals surface area contributed by atoms with Gasteiger partial charge in [-0.05, 0) is 43.0 Å². The fourth-order valence-electron chi connectivity index (χ4n) is 1.36. The Balaban J connectivity index is 2.19. The molecule has 1 aromatic heterocycles. The van der Waals surface area contributed by atoms with Crippen molar-refractivity contribution < 1.29 is 4.42 Å². The minimum absolute atomic E-state index is 0.722. The van der Waals surface area contributed by atoms with Crippen molar-refractivity contribution in [2.24, 2.45) is 5.92 Å². The van der Waals surface area contributed by atoms with Gasteiger partial charge in [-0.25, -0.2) is 0 Å². The number of aryl methyl sites for hydroxylation is 1. The lowest BCUT2D eigenvalue weighted by molar-refractivity contribution is 0.464. The van der Waals surface area contributed by atoms with E-state index in [1.54, 1.807) is 6.26 Å². The molecule has 1 N–H and O–H groups in total. The summed E-state index contributed by atoms with van der Waals surface area (Å²) in [7, 11) is 0. The molecule has 2 nitrogen and oxygen atoms in total. The first-order chi connectivity index (χ1) is 6.74. The Kier molecular flexibility index (Phi) is 5.12. The molecule has 1 atom stereocenters. The van der Waals surface area contributed by atoms with Gasteiger partial charge in [0.2, 0.25) is 0 Å². The Hall–Kier alpha value is -0.410. The summed E-state index contributed by atoms with van der Waals surface area (Å²) in [6.07, 6.45) is 3.89. The fourth-order valence-corrected chi connectivity index (χ4v) is 2.05. The largest absolute Gasteiger partial charge is 0.468 e. The number of hydrogen-bond acceptors (Lipinski definition) is 3. The summed E-state index contributed by atoms with van der Waals surface area (Å²) in [5.41, 5.74) is 1.23. The van der Waals surface area contributed by atoms with Gasteiger partial charge in [0, 0.05) is 0 Å². The lowest BCUT2D eigenvalue weighted by Gasteiger charge is -2.10. The van der Waals surface area contributed by atoms with Crippen molar-refractivity contribution >= 4 is 11.8 Å². The van der Waals surface area contributed by atoms with Crippen LogP contribution in [0.4, 0.5) is 0 Å². The van der Waals surface area contributed by atoms with Gasteiger partial charge in [-0.3, -0.25) is 0 Å². The van der Waals surface area contributed by atoms with E-state index in [0.29, 0.717) is 0 Å². The average Bonchev–Trinajstić information content (AvgIpc) is 2.52. The smallest absolute Gasteiger partial charge is 0.120 e. The molecule has 1 heterocycles. The molecule has 0 bridgehead atoms. The van der Waals surface area contributed by atoms with Gasteiger partial charge in [-0.2, -0.15) is 11.8 Å². The van der Waals surface area contributed by atoms with E-state index in [4.69, 9.17) is 4.42 Å². The molecule has 0 aliphatic rings. The molecule has 0 amide bonds. The first kappa shape index (κ1) is 11.7. The lowest BCUT2D eigenvalue weighted by atomic mass is 10.2. The van der Waals surface area contributed by atoms with Gasteiger partial charge in [0.05, 0.1) is 12.8 Å². The summed E-state index contributed by atoms with van der Waals surface area (Å²) in [4.78, 5) is 0. The normalized spacial score (nSPS) is 13.1. The van der Waals surface area contributed by atoms with Crippen LogP contribution in [0.25, 0.3) is 0 Å². The maximum atomic E-state index is 5.34. The van der Waals surface area contributed by atoms with Crippen LogP contribution in [0.2, 0.25) is 0 Å². The van der Waals surface area contributed by atoms with Crippen LogP contribution in [0, 0.1) is 12.8 Å². The fraction of sp³-hybridized carbons (Fsp3) is 0.636. The molecule has 80 valence electrons. The molecule has 0 aliphatic carbocycles. The van der Waals surface area contributed by atoms with Crippen molar-refractivity contribution in [1.29, 1.82) is 0 Å². The Morgan fingerprint density at radius 1 is 1.57 bits per heavy atom. The van der Waals surface area contributed by atoms with Crippen molar-refractivity contribution in [2.45, 2.75) is 20.4 Å². The molecular weight excluding hydrogens is 194 g/mol. The standard InChI is InChI=1S/C11H19NOS/c1-9(8-14-3)6-12-7-11-10(2)4-5-13-11/h4-5,9,12H,6-8H2,1-3H3. The Bertz CT molecular complexity index is 260. The van der Waals surface area contributed by atoms with Gasteiger partial charge < -0.3 is 9.73 Å². The maximum Gasteiger partial charge on any atom is 0.120 e. The number of hydrogen-bond donors (Lipinski definition) is 1. The quantitative estimate of drug-likeness (QED) is 0.786. The lowest BCUT2D eigenvalue weighted by Crippen LogP contribution is -2.22. The number of rotatable bonds is 6. The molecule has 0 saturated carbocycles. The van der Waals surface area contributed by atoms with E-state index in [9.17, 15) is 0 Å². The molecule has 1 aromatic rings. The zero-order valence-electron chi connectivity index (χ0n) is 9.17. The van der Waals surface area contributed by atoms with Crippen LogP contribution in [0.1, 0.15) is 18.2 Å². The van der Waals surface area contributed by atoms with E-state index in [-0.39, 0.29) is 0 Å². The predicted octanol–water partition coefficient (Wildman–Crippen LogP) is 2.68. The Morgan fingerprint density at radius 3 is 2.93 bits per heavy atom. The summed E-state index contributed by atoms with van der Waals surface area (Å²) >= 11 is 1.90. The monoisotopic (exact) mass is 213 g/mol. The van der Waals surface area contributed by atoms with Gasteiger partial charge in [-0.1, -0.05) is 6.92 Å². The molecule has 1 rings (SSSR count). The topological polar surface area (TPSA) is 25.2 Å². The van der Waals surface area contributed by atoms with Crippen molar-refractivity contribution in [3.8, 4) is 0 Å². The van der Waals surface area contributed by atoms with Gasteiger partial charge in [0.15, 0.2) is 0 Å². The summed E-state index contributed by atoms with van der Waals surface area (Å²) in [5, 5.41) is 3.41. The van der Waals surface area contributed by atoms with E-state index in [0.717, 1.165) is 24.8 Å². The maximum absolute atomic E-state index is 5.34. The minimum atomic E-state index is 0.722. The van der Waals surface area contributed by atoms with Gasteiger partial charge in [-0.15, -0.1) is 0 Å². The molecule has 0 fully saturated rings. The van der Waals surface area contributed by atoms with Crippen molar-refractivity contribution in [3.63, 3.8) is 0 Å². The van der Waals surface area contributed by atoms with Crippen LogP contribution < -0.4 is 5.32 Å². The summed E-state index contributed by atoms with van der Waals surface area (Å²) in [6.45, 7) is 6.24. The van der Waals surface area contributed by atoms with E-state index < -0.39 is 0 Å². The highest BCUT2D eigenvalue weighted by atomic mass is 32.2. The molecular formula is C11H19NOS. The molecule has 0 aliphatic heterocycles. The van der Waals surface area contributed by atoms with E-state index >= 15 is 0 Å². The van der Waals surface area contributed by atoms with E-state index in [1.807, 2.05) is 17.8 Å². The second-order valence-corrected chi connectivity index (χ2v) is 4.63. The predicted molar refractivity (Wildman–Crippen MR) is 62.7 cm³/mol. The van der Waals surface area contributed by atoms with Gasteiger partial charge >= 0.3 is 0 Å². The number of thioether (sulfide) groups is 1. The third-order valence-electron chi connectivity index (χ3n) is 2.20. The van der Waals surface area contributed by atoms with Crippen molar-refractivity contribution in [1.82, 2.24) is 5.32 Å². The number of furan rings is 1. The highest BCUT2D eigenvalue weighted by Crippen LogP contribution is 2.08. The first-order valence-corrected chi connectivity index (χ1v) is 6.36. The van der Waals surface area contributed by atoms with Crippen LogP contribution in [0.5, 0.6) is 0 Å². The van der Waals surface area contributed by atoms with Crippen LogP contribution in [0.3, 0.4) is 0 Å². The highest BCUT2D eigenvalue weighted by molar-refractivity contribution is 7.98. The first-order valence-electron chi connectivity index (χ1n) is 4.96. The Labute approximate surface area is 90.5 Å². The third kappa shape index (κ3) is 3.76. The summed E-state index contributed by atoms with van der Waals surface area (Å²) < 4.78 is 5.34. The van der Waals surface area contributed by atoms with Crippen LogP contribution in [-0.2, 0) is 6.54 Å². The average molecular weight is 213 g/mol. The van der Waals surface area contributed by atoms with E-state index in [1.165, 1.54) is 11.3 Å². The van der Waals surface area contributed by atoms with Crippen LogP contribution >= 0.6 is 11.8 Å². The minimum Gasteiger partial charge on any atom is -0.468 e. The molecule has 0 spiro atoms. The zero-order chi connectivity index (χ0) is 10.4. The molecule has 3 heteroatoms. The highest BCUT2D eigenvalue weighted by Gasteiger charge is 2.03. The molecule has 1 unspecified atom stereocenters. The summed E-state index contributed by atoms with van der Waals surface area (Å²) in [5.74, 6) is 2.99. The SMILES string of the molecule is CSCC(C)CNCc1occc1C. The molecule has 0 aromatic carbocycles. The zero-order valence-corrected chi connectivity index (χ0v) is 9.99. The number of nitrogens with one attached hydrogen (secondary N) is 1. The second kappa shape index (κ2) is 6.14. The van der Waals surface area contributed by atoms with E-state index in [2.05, 4.69) is 25.4 Å². The van der Waals surface area contributed by atoms with Crippen LogP contribution in [0.15, 0.2) is 16.7 Å². The third-order valence-corrected chi connectivity index (χ3v) is 3.10. The summed E-state index contributed by atoms with van der Waals surface area (Å²) in [6, 6.07) is 2.00. The van der Waals surface area contributed by atoms with Crippen molar-refractivity contribution in [2.75, 3.05) is 18.6 Å². The van der Waals surface area contributed by atoms with Gasteiger partial charge in [0.25, 0.3) is 0 Å². The van der Waals surface area contributed by atoms with Gasteiger partial charge in [0.1, 0.15) is 5.76 Å². The van der Waals surface area contributed by atoms with Crippen LogP contribution in [-0.4, -0.2) is 18.6 Å². The molecule has 14 heavy (non-hydrogen) atoms.